The number of amides is 1. The van der Waals surface area contributed by atoms with Crippen molar-refractivity contribution < 1.29 is 13.2 Å². The van der Waals surface area contributed by atoms with Crippen LogP contribution in [0, 0.1) is 13.8 Å². The van der Waals surface area contributed by atoms with Crippen molar-refractivity contribution in [2.45, 2.75) is 32.6 Å². The Balaban J connectivity index is 2.80. The standard InChI is InChI=1S/C11H20N4O3S/c1-5-15(6-2)10(16)7-12-19(17,18)11-8(3)13-14-9(11)4/h12H,5-7H2,1-4H3,(H,13,14). The molecular weight excluding hydrogens is 268 g/mol. The predicted octanol–water partition coefficient (Wildman–Crippen LogP) is 0.173. The largest absolute Gasteiger partial charge is 0.342 e. The molecule has 0 aliphatic heterocycles. The lowest BCUT2D eigenvalue weighted by atomic mass is 10.4. The first kappa shape index (κ1) is 15.6. The minimum Gasteiger partial charge on any atom is -0.342 e. The minimum absolute atomic E-state index is 0.111. The van der Waals surface area contributed by atoms with Crippen molar-refractivity contribution in [1.29, 1.82) is 0 Å². The molecule has 8 heteroatoms. The normalized spacial score (nSPS) is 11.6. The van der Waals surface area contributed by atoms with Crippen LogP contribution in [0.15, 0.2) is 4.90 Å². The summed E-state index contributed by atoms with van der Waals surface area (Å²) in [5, 5.41) is 6.45. The van der Waals surface area contributed by atoms with Crippen molar-refractivity contribution in [2.75, 3.05) is 19.6 Å². The molecule has 7 nitrogen and oxygen atoms in total. The van der Waals surface area contributed by atoms with E-state index in [4.69, 9.17) is 0 Å². The highest BCUT2D eigenvalue weighted by atomic mass is 32.2. The first-order valence-electron chi connectivity index (χ1n) is 6.12. The number of nitrogens with one attached hydrogen (secondary N) is 2. The zero-order valence-electron chi connectivity index (χ0n) is 11.6. The van der Waals surface area contributed by atoms with Crippen LogP contribution in [-0.2, 0) is 14.8 Å². The summed E-state index contributed by atoms with van der Waals surface area (Å²) in [6.07, 6.45) is 0. The Morgan fingerprint density at radius 1 is 1.32 bits per heavy atom. The maximum Gasteiger partial charge on any atom is 0.244 e. The Hall–Kier alpha value is -1.41. The average Bonchev–Trinajstić information content (AvgIpc) is 2.69. The minimum atomic E-state index is -3.71. The van der Waals surface area contributed by atoms with E-state index in [0.717, 1.165) is 0 Å². The van der Waals surface area contributed by atoms with Gasteiger partial charge in [0.25, 0.3) is 0 Å². The molecule has 1 aromatic heterocycles. The molecule has 0 radical (unpaired) electrons. The van der Waals surface area contributed by atoms with E-state index < -0.39 is 10.0 Å². The van der Waals surface area contributed by atoms with E-state index in [1.807, 2.05) is 13.8 Å². The van der Waals surface area contributed by atoms with Crippen LogP contribution in [0.3, 0.4) is 0 Å². The summed E-state index contributed by atoms with van der Waals surface area (Å²) in [4.78, 5) is 13.4. The van der Waals surface area contributed by atoms with Crippen LogP contribution in [0.2, 0.25) is 0 Å². The Bertz CT molecular complexity index is 527. The number of nitrogens with zero attached hydrogens (tertiary/aromatic N) is 2. The second-order valence-corrected chi connectivity index (χ2v) is 5.86. The lowest BCUT2D eigenvalue weighted by Crippen LogP contribution is -2.40. The van der Waals surface area contributed by atoms with Crippen molar-refractivity contribution in [1.82, 2.24) is 19.8 Å². The number of H-pyrrole nitrogens is 1. The van der Waals surface area contributed by atoms with Gasteiger partial charge in [-0.2, -0.15) is 5.10 Å². The third-order valence-electron chi connectivity index (χ3n) is 2.86. The fourth-order valence-electron chi connectivity index (χ4n) is 1.85. The molecule has 0 aliphatic carbocycles. The van der Waals surface area contributed by atoms with Crippen LogP contribution in [0.4, 0.5) is 0 Å². The van der Waals surface area contributed by atoms with Gasteiger partial charge in [0.1, 0.15) is 4.90 Å². The highest BCUT2D eigenvalue weighted by molar-refractivity contribution is 7.89. The average molecular weight is 288 g/mol. The molecule has 0 bridgehead atoms. The van der Waals surface area contributed by atoms with Crippen molar-refractivity contribution in [3.8, 4) is 0 Å². The first-order valence-corrected chi connectivity index (χ1v) is 7.60. The van der Waals surface area contributed by atoms with E-state index in [9.17, 15) is 13.2 Å². The Morgan fingerprint density at radius 2 is 1.89 bits per heavy atom. The van der Waals surface area contributed by atoms with E-state index in [2.05, 4.69) is 14.9 Å². The molecule has 108 valence electrons. The Morgan fingerprint density at radius 3 is 2.32 bits per heavy atom. The summed E-state index contributed by atoms with van der Waals surface area (Å²) in [6, 6.07) is 0. The molecule has 0 saturated heterocycles. The summed E-state index contributed by atoms with van der Waals surface area (Å²) in [7, 11) is -3.71. The molecule has 2 N–H and O–H groups in total. The maximum absolute atomic E-state index is 12.1. The zero-order chi connectivity index (χ0) is 14.6. The van der Waals surface area contributed by atoms with Gasteiger partial charge < -0.3 is 4.90 Å². The number of rotatable bonds is 6. The second kappa shape index (κ2) is 6.16. The van der Waals surface area contributed by atoms with Crippen LogP contribution in [0.5, 0.6) is 0 Å². The molecule has 0 fully saturated rings. The molecular formula is C11H20N4O3S. The molecule has 0 atom stereocenters. The van der Waals surface area contributed by atoms with E-state index in [1.54, 1.807) is 18.7 Å². The van der Waals surface area contributed by atoms with Gasteiger partial charge in [-0.05, 0) is 27.7 Å². The van der Waals surface area contributed by atoms with E-state index >= 15 is 0 Å². The lowest BCUT2D eigenvalue weighted by Gasteiger charge is -2.18. The smallest absolute Gasteiger partial charge is 0.244 e. The fourth-order valence-corrected chi connectivity index (χ4v) is 3.19. The van der Waals surface area contributed by atoms with Crippen molar-refractivity contribution in [2.24, 2.45) is 0 Å². The number of hydrogen-bond donors (Lipinski definition) is 2. The first-order chi connectivity index (χ1) is 8.83. The van der Waals surface area contributed by atoms with Gasteiger partial charge in [0.05, 0.1) is 17.9 Å². The Kier molecular flexibility index (Phi) is 5.07. The van der Waals surface area contributed by atoms with Crippen LogP contribution in [-0.4, -0.2) is 49.1 Å². The lowest BCUT2D eigenvalue weighted by molar-refractivity contribution is -0.129. The molecule has 0 aliphatic rings. The van der Waals surface area contributed by atoms with Crippen molar-refractivity contribution >= 4 is 15.9 Å². The number of hydrogen-bond acceptors (Lipinski definition) is 4. The molecule has 0 spiro atoms. The number of aromatic amines is 1. The second-order valence-electron chi connectivity index (χ2n) is 4.15. The number of carbonyl (C=O) groups is 1. The predicted molar refractivity (Wildman–Crippen MR) is 71.2 cm³/mol. The van der Waals surface area contributed by atoms with E-state index in [1.165, 1.54) is 0 Å². The van der Waals surface area contributed by atoms with Gasteiger partial charge in [0, 0.05) is 13.1 Å². The van der Waals surface area contributed by atoms with E-state index in [0.29, 0.717) is 24.5 Å². The summed E-state index contributed by atoms with van der Waals surface area (Å²) in [5.74, 6) is -0.243. The SMILES string of the molecule is CCN(CC)C(=O)CNS(=O)(=O)c1c(C)n[nH]c1C. The molecule has 1 aromatic rings. The number of aryl methyl sites for hydroxylation is 2. The van der Waals surface area contributed by atoms with Crippen LogP contribution < -0.4 is 4.72 Å². The van der Waals surface area contributed by atoms with Crippen molar-refractivity contribution in [3.63, 3.8) is 0 Å². The highest BCUT2D eigenvalue weighted by Crippen LogP contribution is 2.15. The Labute approximate surface area is 113 Å². The van der Waals surface area contributed by atoms with Gasteiger partial charge in [-0.15, -0.1) is 0 Å². The summed E-state index contributed by atoms with van der Waals surface area (Å²) in [5.41, 5.74) is 0.848. The molecule has 1 amide bonds. The molecule has 0 saturated carbocycles. The topological polar surface area (TPSA) is 95.2 Å². The zero-order valence-corrected chi connectivity index (χ0v) is 12.5. The quantitative estimate of drug-likeness (QED) is 0.780. The van der Waals surface area contributed by atoms with Gasteiger partial charge in [-0.25, -0.2) is 13.1 Å². The highest BCUT2D eigenvalue weighted by Gasteiger charge is 2.23. The number of aromatic nitrogens is 2. The van der Waals surface area contributed by atoms with Crippen LogP contribution in [0.1, 0.15) is 25.2 Å². The summed E-state index contributed by atoms with van der Waals surface area (Å²) >= 11 is 0. The molecule has 0 unspecified atom stereocenters. The summed E-state index contributed by atoms with van der Waals surface area (Å²) in [6.45, 7) is 7.79. The van der Waals surface area contributed by atoms with Gasteiger partial charge in [-0.1, -0.05) is 0 Å². The van der Waals surface area contributed by atoms with Gasteiger partial charge >= 0.3 is 0 Å². The molecule has 1 heterocycles. The van der Waals surface area contributed by atoms with Gasteiger partial charge in [0.2, 0.25) is 15.9 Å². The third-order valence-corrected chi connectivity index (χ3v) is 4.52. The van der Waals surface area contributed by atoms with Gasteiger partial charge in [-0.3, -0.25) is 9.89 Å². The molecule has 19 heavy (non-hydrogen) atoms. The number of carbonyl (C=O) groups excluding carboxylic acids is 1. The maximum atomic E-state index is 12.1. The fraction of sp³-hybridized carbons (Fsp3) is 0.636. The molecule has 0 aromatic carbocycles. The van der Waals surface area contributed by atoms with Crippen LogP contribution >= 0.6 is 0 Å². The number of sulfonamides is 1. The van der Waals surface area contributed by atoms with Crippen LogP contribution in [0.25, 0.3) is 0 Å². The van der Waals surface area contributed by atoms with Crippen molar-refractivity contribution in [3.05, 3.63) is 11.4 Å². The number of likely N-dealkylation sites (N-methyl/N-ethyl adjacent to an activating group) is 1. The van der Waals surface area contributed by atoms with E-state index in [-0.39, 0.29) is 17.3 Å². The molecule has 1 rings (SSSR count). The monoisotopic (exact) mass is 288 g/mol. The third kappa shape index (κ3) is 3.54. The van der Waals surface area contributed by atoms with Gasteiger partial charge in [0.15, 0.2) is 0 Å². The summed E-state index contributed by atoms with van der Waals surface area (Å²) < 4.78 is 26.5.